The first-order valence-corrected chi connectivity index (χ1v) is 20.2. The van der Waals surface area contributed by atoms with E-state index in [0.717, 1.165) is 44.9 Å². The van der Waals surface area contributed by atoms with Crippen molar-refractivity contribution in [3.05, 3.63) is 217 Å². The van der Waals surface area contributed by atoms with Crippen LogP contribution in [-0.4, -0.2) is 15.0 Å². The molecule has 2 atom stereocenters. The Balaban J connectivity index is 1.12. The van der Waals surface area contributed by atoms with Gasteiger partial charge in [-0.2, -0.15) is 0 Å². The average molecular weight is 752 g/mol. The molecule has 0 amide bonds. The van der Waals surface area contributed by atoms with Gasteiger partial charge in [0.1, 0.15) is 18.2 Å². The lowest BCUT2D eigenvalue weighted by atomic mass is 10.1. The van der Waals surface area contributed by atoms with Gasteiger partial charge in [0, 0.05) is 48.3 Å². The van der Waals surface area contributed by atoms with Crippen LogP contribution in [0.3, 0.4) is 0 Å². The van der Waals surface area contributed by atoms with Gasteiger partial charge in [0.15, 0.2) is 0 Å². The molecule has 1 aliphatic heterocycles. The minimum absolute atomic E-state index is 0.116. The maximum Gasteiger partial charge on any atom is 0.131 e. The molecule has 2 N–H and O–H groups in total. The van der Waals surface area contributed by atoms with Crippen molar-refractivity contribution in [2.45, 2.75) is 22.1 Å². The highest BCUT2D eigenvalue weighted by Gasteiger charge is 2.26. The zero-order valence-corrected chi connectivity index (χ0v) is 31.8. The fourth-order valence-electron chi connectivity index (χ4n) is 8.41. The second-order valence-corrected chi connectivity index (χ2v) is 15.6. The summed E-state index contributed by atoms with van der Waals surface area (Å²) in [5, 5.41) is 12.4. The topological polar surface area (TPSA) is 46.3 Å². The third-order valence-corrected chi connectivity index (χ3v) is 12.0. The Bertz CT molecular complexity index is 3100. The molecule has 3 heterocycles. The molecule has 0 saturated heterocycles. The average Bonchev–Trinajstić information content (AvgIpc) is 3.78. The highest BCUT2D eigenvalue weighted by molar-refractivity contribution is 7.99. The van der Waals surface area contributed by atoms with E-state index in [1.807, 2.05) is 6.07 Å². The zero-order valence-electron chi connectivity index (χ0n) is 31.0. The number of hydrogen-bond acceptors (Lipinski definition) is 4. The zero-order chi connectivity index (χ0) is 37.7. The van der Waals surface area contributed by atoms with Crippen LogP contribution in [0, 0.1) is 0 Å². The highest BCUT2D eigenvalue weighted by Crippen LogP contribution is 2.41. The van der Waals surface area contributed by atoms with Crippen LogP contribution in [0.4, 0.5) is 0 Å². The molecular weight excluding hydrogens is 715 g/mol. The van der Waals surface area contributed by atoms with Gasteiger partial charge in [-0.05, 0) is 83.9 Å². The summed E-state index contributed by atoms with van der Waals surface area (Å²) >= 11 is 1.80. The second-order valence-electron chi connectivity index (χ2n) is 14.5. The van der Waals surface area contributed by atoms with E-state index < -0.39 is 0 Å². The number of para-hydroxylation sites is 2. The van der Waals surface area contributed by atoms with E-state index in [-0.39, 0.29) is 12.3 Å². The molecule has 0 bridgehead atoms. The van der Waals surface area contributed by atoms with Crippen LogP contribution in [0.1, 0.15) is 29.0 Å². The maximum absolute atomic E-state index is 5.29. The molecule has 57 heavy (non-hydrogen) atoms. The van der Waals surface area contributed by atoms with Crippen LogP contribution >= 0.6 is 11.8 Å². The van der Waals surface area contributed by atoms with Gasteiger partial charge in [0.25, 0.3) is 0 Å². The van der Waals surface area contributed by atoms with Gasteiger partial charge in [0.05, 0.1) is 22.1 Å². The number of hydrogen-bond donors (Lipinski definition) is 2. The van der Waals surface area contributed by atoms with Crippen molar-refractivity contribution in [3.63, 3.8) is 0 Å². The molecular formula is C51H37N5S. The fraction of sp³-hybridized carbons (Fsp3) is 0.0392. The van der Waals surface area contributed by atoms with E-state index in [4.69, 9.17) is 4.99 Å². The Labute approximate surface area is 334 Å². The number of fused-ring (bicyclic) bond motifs is 6. The van der Waals surface area contributed by atoms with Gasteiger partial charge in [-0.15, -0.1) is 0 Å². The lowest BCUT2D eigenvalue weighted by Crippen LogP contribution is -2.44. The molecule has 0 saturated carbocycles. The van der Waals surface area contributed by atoms with E-state index in [0.29, 0.717) is 0 Å². The summed E-state index contributed by atoms with van der Waals surface area (Å²) in [6.07, 6.45) is -0.393. The van der Waals surface area contributed by atoms with Gasteiger partial charge in [-0.1, -0.05) is 139 Å². The van der Waals surface area contributed by atoms with Gasteiger partial charge in [-0.3, -0.25) is 5.32 Å². The first kappa shape index (κ1) is 33.5. The van der Waals surface area contributed by atoms with Crippen LogP contribution < -0.4 is 10.6 Å². The van der Waals surface area contributed by atoms with Crippen LogP contribution in [0.15, 0.2) is 215 Å². The Morgan fingerprint density at radius 2 is 1.02 bits per heavy atom. The number of benzene rings is 8. The number of nitrogens with one attached hydrogen (secondary N) is 2. The molecule has 0 aliphatic carbocycles. The molecule has 272 valence electrons. The van der Waals surface area contributed by atoms with Crippen LogP contribution in [-0.2, 0) is 0 Å². The molecule has 0 spiro atoms. The third-order valence-electron chi connectivity index (χ3n) is 11.0. The molecule has 11 rings (SSSR count). The second kappa shape index (κ2) is 14.0. The Morgan fingerprint density at radius 1 is 0.421 bits per heavy atom. The van der Waals surface area contributed by atoms with Crippen LogP contribution in [0.5, 0.6) is 0 Å². The van der Waals surface area contributed by atoms with Gasteiger partial charge >= 0.3 is 0 Å². The molecule has 5 nitrogen and oxygen atoms in total. The number of amidine groups is 1. The normalized spacial score (nSPS) is 15.6. The van der Waals surface area contributed by atoms with E-state index in [1.165, 1.54) is 42.4 Å². The summed E-state index contributed by atoms with van der Waals surface area (Å²) in [6.45, 7) is 0. The van der Waals surface area contributed by atoms with E-state index in [9.17, 15) is 0 Å². The molecule has 0 radical (unpaired) electrons. The standard InChI is InChI=1S/C51H37N5S/c1-5-16-34(17-6-1)49-52-50(35-18-7-2-8-19-35)54-51(53-49)36-20-15-23-38(30-36)56-46-29-28-40(57-39-24-11-4-12-25-39)31-42(46)44-32-43-41-26-13-14-27-45(41)55(47(43)33-48(44)56)37-21-9-3-10-22-37/h1-33,49,51,53H,(H,52,54). The van der Waals surface area contributed by atoms with Crippen LogP contribution in [0.25, 0.3) is 55.0 Å². The molecule has 8 aromatic carbocycles. The van der Waals surface area contributed by atoms with E-state index in [2.05, 4.69) is 214 Å². The van der Waals surface area contributed by atoms with Crippen molar-refractivity contribution in [2.75, 3.05) is 0 Å². The third kappa shape index (κ3) is 5.98. The summed E-state index contributed by atoms with van der Waals surface area (Å²) in [5.74, 6) is 0.870. The largest absolute Gasteiger partial charge is 0.350 e. The Morgan fingerprint density at radius 3 is 1.81 bits per heavy atom. The maximum atomic E-state index is 5.29. The molecule has 10 aromatic rings. The lowest BCUT2D eigenvalue weighted by molar-refractivity contribution is 0.409. The molecule has 1 aliphatic rings. The molecule has 6 heteroatoms. The minimum Gasteiger partial charge on any atom is -0.350 e. The number of rotatable bonds is 7. The van der Waals surface area contributed by atoms with Gasteiger partial charge in [0.2, 0.25) is 0 Å². The predicted octanol–water partition coefficient (Wildman–Crippen LogP) is 12.4. The van der Waals surface area contributed by atoms with Gasteiger partial charge < -0.3 is 14.5 Å². The molecule has 0 fully saturated rings. The molecule has 2 unspecified atom stereocenters. The summed E-state index contributed by atoms with van der Waals surface area (Å²) in [4.78, 5) is 7.72. The highest BCUT2D eigenvalue weighted by atomic mass is 32.2. The van der Waals surface area contributed by atoms with Crippen molar-refractivity contribution in [1.29, 1.82) is 0 Å². The fourth-order valence-corrected chi connectivity index (χ4v) is 9.28. The van der Waals surface area contributed by atoms with Gasteiger partial charge in [-0.25, -0.2) is 4.99 Å². The van der Waals surface area contributed by atoms with Crippen molar-refractivity contribution >= 4 is 61.2 Å². The van der Waals surface area contributed by atoms with Crippen molar-refractivity contribution in [2.24, 2.45) is 4.99 Å². The summed E-state index contributed by atoms with van der Waals surface area (Å²) in [5.41, 5.74) is 10.2. The number of aromatic nitrogens is 2. The monoisotopic (exact) mass is 751 g/mol. The number of aliphatic imine (C=N–C) groups is 1. The Hall–Kier alpha value is -6.86. The summed E-state index contributed by atoms with van der Waals surface area (Å²) in [7, 11) is 0. The van der Waals surface area contributed by atoms with Crippen molar-refractivity contribution in [3.8, 4) is 11.4 Å². The predicted molar refractivity (Wildman–Crippen MR) is 237 cm³/mol. The van der Waals surface area contributed by atoms with E-state index in [1.54, 1.807) is 11.8 Å². The summed E-state index contributed by atoms with van der Waals surface area (Å²) < 4.78 is 4.84. The van der Waals surface area contributed by atoms with Crippen molar-refractivity contribution in [1.82, 2.24) is 19.8 Å². The van der Waals surface area contributed by atoms with E-state index >= 15 is 0 Å². The Kier molecular flexibility index (Phi) is 8.23. The van der Waals surface area contributed by atoms with Crippen molar-refractivity contribution < 1.29 is 0 Å². The van der Waals surface area contributed by atoms with Crippen LogP contribution in [0.2, 0.25) is 0 Å². The number of nitrogens with zero attached hydrogens (tertiary/aromatic N) is 3. The first-order valence-electron chi connectivity index (χ1n) is 19.4. The smallest absolute Gasteiger partial charge is 0.131 e. The SMILES string of the molecule is c1ccc(Sc2ccc3c(c2)c2cc4c5ccccc5n(-c5ccccc5)c4cc2n3-c2cccc(C3N=C(c4ccccc4)NC(c4ccccc4)N3)c2)cc1. The molecule has 2 aromatic heterocycles. The first-order chi connectivity index (χ1) is 28.2. The minimum atomic E-state index is -0.277. The lowest BCUT2D eigenvalue weighted by Gasteiger charge is -2.32. The summed E-state index contributed by atoms with van der Waals surface area (Å²) in [6, 6.07) is 71.7. The quantitative estimate of drug-likeness (QED) is 0.170.